The standard InChI is InChI=1S/C15H19NO2/c1-2-5-13(4-1)16-11-12-6-7-14-15(10-12)18-9-3-8-17-14/h1-2,6-7,10,13,16H,3-5,8-9,11H2. The summed E-state index contributed by atoms with van der Waals surface area (Å²) in [6, 6.07) is 6.82. The molecule has 3 nitrogen and oxygen atoms in total. The fraction of sp³-hybridized carbons (Fsp3) is 0.467. The predicted octanol–water partition coefficient (Wildman–Crippen LogP) is 2.66. The Balaban J connectivity index is 1.63. The lowest BCUT2D eigenvalue weighted by atomic mass is 10.1. The molecule has 3 heteroatoms. The van der Waals surface area contributed by atoms with E-state index in [4.69, 9.17) is 9.47 Å². The van der Waals surface area contributed by atoms with Crippen LogP contribution in [-0.4, -0.2) is 19.3 Å². The largest absolute Gasteiger partial charge is 0.490 e. The van der Waals surface area contributed by atoms with E-state index in [2.05, 4.69) is 29.6 Å². The Hall–Kier alpha value is -1.48. The van der Waals surface area contributed by atoms with Crippen molar-refractivity contribution in [3.05, 3.63) is 35.9 Å². The summed E-state index contributed by atoms with van der Waals surface area (Å²) >= 11 is 0. The van der Waals surface area contributed by atoms with Gasteiger partial charge < -0.3 is 14.8 Å². The van der Waals surface area contributed by atoms with Crippen molar-refractivity contribution in [3.8, 4) is 11.5 Å². The molecule has 0 saturated heterocycles. The Kier molecular flexibility index (Phi) is 3.51. The first kappa shape index (κ1) is 11.6. The summed E-state index contributed by atoms with van der Waals surface area (Å²) in [5.74, 6) is 1.76. The quantitative estimate of drug-likeness (QED) is 0.830. The van der Waals surface area contributed by atoms with Crippen LogP contribution in [0.3, 0.4) is 0 Å². The molecule has 1 heterocycles. The van der Waals surface area contributed by atoms with Crippen molar-refractivity contribution in [2.24, 2.45) is 0 Å². The number of hydrogen-bond acceptors (Lipinski definition) is 3. The van der Waals surface area contributed by atoms with Crippen molar-refractivity contribution in [1.82, 2.24) is 5.32 Å². The van der Waals surface area contributed by atoms with Gasteiger partial charge in [-0.1, -0.05) is 18.2 Å². The van der Waals surface area contributed by atoms with Crippen molar-refractivity contribution in [1.29, 1.82) is 0 Å². The van der Waals surface area contributed by atoms with Crippen LogP contribution >= 0.6 is 0 Å². The average molecular weight is 245 g/mol. The molecule has 3 rings (SSSR count). The Morgan fingerprint density at radius 1 is 1.06 bits per heavy atom. The topological polar surface area (TPSA) is 30.5 Å². The minimum atomic E-state index is 0.598. The molecule has 96 valence electrons. The summed E-state index contributed by atoms with van der Waals surface area (Å²) in [5.41, 5.74) is 1.26. The van der Waals surface area contributed by atoms with Gasteiger partial charge in [-0.05, 0) is 30.5 Å². The molecule has 0 fully saturated rings. The second kappa shape index (κ2) is 5.44. The van der Waals surface area contributed by atoms with Crippen molar-refractivity contribution >= 4 is 0 Å². The van der Waals surface area contributed by atoms with Gasteiger partial charge in [0, 0.05) is 19.0 Å². The Labute approximate surface area is 108 Å². The van der Waals surface area contributed by atoms with Crippen molar-refractivity contribution in [3.63, 3.8) is 0 Å². The predicted molar refractivity (Wildman–Crippen MR) is 71.1 cm³/mol. The second-order valence-electron chi connectivity index (χ2n) is 4.85. The van der Waals surface area contributed by atoms with Gasteiger partial charge in [0.05, 0.1) is 13.2 Å². The van der Waals surface area contributed by atoms with Gasteiger partial charge >= 0.3 is 0 Å². The average Bonchev–Trinajstić information content (AvgIpc) is 2.80. The van der Waals surface area contributed by atoms with Gasteiger partial charge in [-0.15, -0.1) is 0 Å². The third kappa shape index (κ3) is 2.67. The minimum absolute atomic E-state index is 0.598. The fourth-order valence-electron chi connectivity index (χ4n) is 2.36. The molecule has 1 aliphatic carbocycles. The molecule has 0 aromatic heterocycles. The zero-order valence-electron chi connectivity index (χ0n) is 10.5. The molecule has 0 bridgehead atoms. The minimum Gasteiger partial charge on any atom is -0.490 e. The van der Waals surface area contributed by atoms with Gasteiger partial charge in [0.1, 0.15) is 0 Å². The molecule has 18 heavy (non-hydrogen) atoms. The number of ether oxygens (including phenoxy) is 2. The van der Waals surface area contributed by atoms with Crippen LogP contribution in [0.4, 0.5) is 0 Å². The van der Waals surface area contributed by atoms with Crippen molar-refractivity contribution < 1.29 is 9.47 Å². The molecule has 0 spiro atoms. The zero-order valence-corrected chi connectivity index (χ0v) is 10.5. The molecule has 0 unspecified atom stereocenters. The maximum atomic E-state index is 5.70. The summed E-state index contributed by atoms with van der Waals surface area (Å²) < 4.78 is 11.3. The Bertz CT molecular complexity index is 434. The molecule has 1 N–H and O–H groups in total. The second-order valence-corrected chi connectivity index (χ2v) is 4.85. The number of hydrogen-bond donors (Lipinski definition) is 1. The Morgan fingerprint density at radius 3 is 2.67 bits per heavy atom. The molecule has 2 aliphatic rings. The fourth-order valence-corrected chi connectivity index (χ4v) is 2.36. The number of benzene rings is 1. The summed E-state index contributed by atoms with van der Waals surface area (Å²) in [6.45, 7) is 2.39. The van der Waals surface area contributed by atoms with Crippen LogP contribution in [0.15, 0.2) is 30.4 Å². The van der Waals surface area contributed by atoms with E-state index in [0.29, 0.717) is 6.04 Å². The highest BCUT2D eigenvalue weighted by atomic mass is 16.5. The molecule has 1 aromatic rings. The van der Waals surface area contributed by atoms with E-state index in [9.17, 15) is 0 Å². The highest BCUT2D eigenvalue weighted by Gasteiger charge is 2.12. The number of nitrogens with one attached hydrogen (secondary N) is 1. The van der Waals surface area contributed by atoms with E-state index < -0.39 is 0 Å². The van der Waals surface area contributed by atoms with Gasteiger partial charge in [-0.2, -0.15) is 0 Å². The van der Waals surface area contributed by atoms with E-state index in [0.717, 1.165) is 50.5 Å². The number of fused-ring (bicyclic) bond motifs is 1. The van der Waals surface area contributed by atoms with Crippen LogP contribution < -0.4 is 14.8 Å². The van der Waals surface area contributed by atoms with E-state index in [1.807, 2.05) is 6.07 Å². The van der Waals surface area contributed by atoms with E-state index >= 15 is 0 Å². The third-order valence-electron chi connectivity index (χ3n) is 3.41. The summed E-state index contributed by atoms with van der Waals surface area (Å²) in [6.07, 6.45) is 7.72. The molecule has 0 radical (unpaired) electrons. The third-order valence-corrected chi connectivity index (χ3v) is 3.41. The first-order valence-electron chi connectivity index (χ1n) is 6.69. The van der Waals surface area contributed by atoms with Gasteiger partial charge in [0.25, 0.3) is 0 Å². The lowest BCUT2D eigenvalue weighted by Crippen LogP contribution is -2.25. The molecular formula is C15H19NO2. The van der Waals surface area contributed by atoms with E-state index in [1.165, 1.54) is 5.56 Å². The lowest BCUT2D eigenvalue weighted by molar-refractivity contribution is 0.297. The highest BCUT2D eigenvalue weighted by Crippen LogP contribution is 2.30. The SMILES string of the molecule is C1=CCC(NCc2ccc3c(c2)OCCCO3)C1. The summed E-state index contributed by atoms with van der Waals surface area (Å²) in [4.78, 5) is 0. The molecule has 0 amide bonds. The zero-order chi connectivity index (χ0) is 12.2. The van der Waals surface area contributed by atoms with Gasteiger partial charge in [0.2, 0.25) is 0 Å². The highest BCUT2D eigenvalue weighted by molar-refractivity contribution is 5.43. The summed E-state index contributed by atoms with van der Waals surface area (Å²) in [5, 5.41) is 3.56. The van der Waals surface area contributed by atoms with Gasteiger partial charge in [0.15, 0.2) is 11.5 Å². The number of rotatable bonds is 3. The lowest BCUT2D eigenvalue weighted by Gasteiger charge is -2.13. The van der Waals surface area contributed by atoms with Gasteiger partial charge in [-0.3, -0.25) is 0 Å². The molecule has 1 aromatic carbocycles. The maximum absolute atomic E-state index is 5.70. The van der Waals surface area contributed by atoms with Gasteiger partial charge in [-0.25, -0.2) is 0 Å². The van der Waals surface area contributed by atoms with Crippen LogP contribution in [-0.2, 0) is 6.54 Å². The maximum Gasteiger partial charge on any atom is 0.161 e. The van der Waals surface area contributed by atoms with Crippen LogP contribution in [0.25, 0.3) is 0 Å². The first-order chi connectivity index (χ1) is 8.92. The monoisotopic (exact) mass is 245 g/mol. The normalized spacial score (nSPS) is 18.9. The molecule has 0 saturated carbocycles. The first-order valence-corrected chi connectivity index (χ1v) is 6.69. The summed E-state index contributed by atoms with van der Waals surface area (Å²) in [7, 11) is 0. The van der Waals surface area contributed by atoms with Crippen LogP contribution in [0, 0.1) is 0 Å². The van der Waals surface area contributed by atoms with E-state index in [-0.39, 0.29) is 0 Å². The van der Waals surface area contributed by atoms with Crippen molar-refractivity contribution in [2.75, 3.05) is 13.2 Å². The molecule has 1 aliphatic heterocycles. The van der Waals surface area contributed by atoms with Crippen LogP contribution in [0.1, 0.15) is 24.8 Å². The molecular weight excluding hydrogens is 226 g/mol. The van der Waals surface area contributed by atoms with E-state index in [1.54, 1.807) is 0 Å². The van der Waals surface area contributed by atoms with Crippen LogP contribution in [0.5, 0.6) is 11.5 Å². The molecule has 0 atom stereocenters. The van der Waals surface area contributed by atoms with Crippen molar-refractivity contribution in [2.45, 2.75) is 31.8 Å². The van der Waals surface area contributed by atoms with Crippen LogP contribution in [0.2, 0.25) is 0 Å². The Morgan fingerprint density at radius 2 is 1.83 bits per heavy atom. The smallest absolute Gasteiger partial charge is 0.161 e.